The highest BCUT2D eigenvalue weighted by Gasteiger charge is 2.63. The minimum atomic E-state index is -1.10. The summed E-state index contributed by atoms with van der Waals surface area (Å²) in [6, 6.07) is 14.2. The number of fused-ring (bicyclic) bond motifs is 1. The minimum absolute atomic E-state index is 0.0645. The van der Waals surface area contributed by atoms with Gasteiger partial charge in [0.1, 0.15) is 11.9 Å². The molecular weight excluding hydrogens is 536 g/mol. The maximum absolute atomic E-state index is 14.5. The van der Waals surface area contributed by atoms with Crippen LogP contribution in [0, 0.1) is 26.6 Å². The van der Waals surface area contributed by atoms with E-state index >= 15 is 0 Å². The lowest BCUT2D eigenvalue weighted by atomic mass is 9.80. The smallest absolute Gasteiger partial charge is 0.270 e. The van der Waals surface area contributed by atoms with E-state index in [1.165, 1.54) is 12.1 Å². The average molecular weight is 559 g/mol. The number of nitriles is 1. The number of carbonyl (C=O) groups excluding carboxylic acids is 1. The van der Waals surface area contributed by atoms with Crippen molar-refractivity contribution in [3.05, 3.63) is 57.4 Å². The highest BCUT2D eigenvalue weighted by atomic mass is 127. The van der Waals surface area contributed by atoms with Gasteiger partial charge in [-0.1, -0.05) is 0 Å². The highest BCUT2D eigenvalue weighted by Crippen LogP contribution is 2.46. The Labute approximate surface area is 205 Å². The van der Waals surface area contributed by atoms with Crippen LogP contribution < -0.4 is 9.91 Å². The minimum Gasteiger partial charge on any atom is -0.379 e. The molecule has 0 N–H and O–H groups in total. The van der Waals surface area contributed by atoms with E-state index in [4.69, 9.17) is 9.84 Å². The molecule has 2 atom stereocenters. The molecule has 170 valence electrons. The first-order chi connectivity index (χ1) is 16.0. The average Bonchev–Trinajstić information content (AvgIpc) is 3.15. The second-order valence-electron chi connectivity index (χ2n) is 8.43. The summed E-state index contributed by atoms with van der Waals surface area (Å²) in [7, 11) is 0. The van der Waals surface area contributed by atoms with Gasteiger partial charge in [-0.05, 0) is 78.4 Å². The summed E-state index contributed by atoms with van der Waals surface area (Å²) in [5.74, 6) is -0.780. The van der Waals surface area contributed by atoms with Crippen molar-refractivity contribution >= 4 is 45.6 Å². The second kappa shape index (κ2) is 8.66. The molecule has 1 unspecified atom stereocenters. The van der Waals surface area contributed by atoms with Crippen LogP contribution in [-0.4, -0.2) is 55.0 Å². The normalized spacial score (nSPS) is 25.6. The lowest BCUT2D eigenvalue weighted by molar-refractivity contribution is -0.139. The lowest BCUT2D eigenvalue weighted by Gasteiger charge is -2.53. The first-order valence-corrected chi connectivity index (χ1v) is 12.0. The molecule has 2 fully saturated rings. The summed E-state index contributed by atoms with van der Waals surface area (Å²) >= 11 is 2.25. The van der Waals surface area contributed by atoms with E-state index in [0.29, 0.717) is 38.5 Å². The molecule has 3 aliphatic rings. The fourth-order valence-electron chi connectivity index (χ4n) is 5.20. The van der Waals surface area contributed by atoms with Crippen molar-refractivity contribution in [1.29, 1.82) is 5.26 Å². The van der Waals surface area contributed by atoms with Gasteiger partial charge in [0.05, 0.1) is 24.5 Å². The lowest BCUT2D eigenvalue weighted by Crippen LogP contribution is -2.74. The van der Waals surface area contributed by atoms with E-state index in [0.717, 1.165) is 21.4 Å². The van der Waals surface area contributed by atoms with Gasteiger partial charge < -0.3 is 9.64 Å². The van der Waals surface area contributed by atoms with Crippen molar-refractivity contribution in [2.24, 2.45) is 11.0 Å². The molecule has 0 bridgehead atoms. The molecular formula is C24H23FIN5O2. The molecule has 1 amide bonds. The third kappa shape index (κ3) is 3.52. The fourth-order valence-corrected chi connectivity index (χ4v) is 5.56. The number of hydrazone groups is 1. The number of halogens is 2. The van der Waals surface area contributed by atoms with E-state index in [1.807, 2.05) is 42.2 Å². The zero-order valence-electron chi connectivity index (χ0n) is 18.2. The monoisotopic (exact) mass is 559 g/mol. The Morgan fingerprint density at radius 2 is 1.85 bits per heavy atom. The van der Waals surface area contributed by atoms with Crippen molar-refractivity contribution in [3.63, 3.8) is 0 Å². The fraction of sp³-hybridized carbons (Fsp3) is 0.375. The molecule has 2 saturated heterocycles. The number of hydrogen-bond acceptors (Lipinski definition) is 6. The Kier molecular flexibility index (Phi) is 5.84. The molecule has 7 nitrogen and oxygen atoms in total. The molecule has 0 aromatic heterocycles. The molecule has 2 aromatic carbocycles. The van der Waals surface area contributed by atoms with Gasteiger partial charge in [-0.25, -0.2) is 9.40 Å². The van der Waals surface area contributed by atoms with E-state index in [-0.39, 0.29) is 17.4 Å². The number of piperidine rings is 1. The summed E-state index contributed by atoms with van der Waals surface area (Å²) in [4.78, 5) is 18.4. The van der Waals surface area contributed by atoms with Crippen LogP contribution in [0.2, 0.25) is 0 Å². The number of carbonyl (C=O) groups is 1. The Hall–Kier alpha value is -2.55. The zero-order valence-corrected chi connectivity index (χ0v) is 20.3. The molecule has 2 aromatic rings. The summed E-state index contributed by atoms with van der Waals surface area (Å²) < 4.78 is 20.8. The largest absolute Gasteiger partial charge is 0.379 e. The Balaban J connectivity index is 1.66. The summed E-state index contributed by atoms with van der Waals surface area (Å²) in [5, 5.41) is 16.0. The van der Waals surface area contributed by atoms with E-state index in [2.05, 4.69) is 27.5 Å². The Bertz CT molecular complexity index is 1160. The molecule has 0 aliphatic carbocycles. The number of rotatable bonds is 3. The maximum atomic E-state index is 14.5. The number of hydrogen-bond donors (Lipinski definition) is 0. The number of morpholine rings is 1. The number of amides is 1. The second-order valence-corrected chi connectivity index (χ2v) is 9.67. The van der Waals surface area contributed by atoms with Gasteiger partial charge in [0.15, 0.2) is 0 Å². The predicted octanol–water partition coefficient (Wildman–Crippen LogP) is 3.58. The van der Waals surface area contributed by atoms with Gasteiger partial charge >= 0.3 is 0 Å². The molecule has 3 heterocycles. The highest BCUT2D eigenvalue weighted by molar-refractivity contribution is 14.1. The van der Waals surface area contributed by atoms with Gasteiger partial charge in [0, 0.05) is 40.5 Å². The van der Waals surface area contributed by atoms with Gasteiger partial charge in [-0.2, -0.15) is 10.4 Å². The molecule has 0 spiro atoms. The standard InChI is InChI=1S/C24H23FIN5O2/c1-16-21-8-9-30(19-4-2-18(26)3-5-19)23(32)24(21,29-10-12-33-13-11-29)31(28-16)20-6-7-22(25)17(14-20)15-27/h2-7,14,21H,8-13H2,1H3/t21-,24?/m0/s1. The van der Waals surface area contributed by atoms with Crippen molar-refractivity contribution in [2.75, 3.05) is 42.8 Å². The third-order valence-corrected chi connectivity index (χ3v) is 7.44. The Morgan fingerprint density at radius 3 is 2.55 bits per heavy atom. The SMILES string of the molecule is CC1=NN(c2ccc(F)c(C#N)c2)C2(N3CCOCC3)C(=O)N(c3ccc(I)cc3)CC[C@@H]12. The summed E-state index contributed by atoms with van der Waals surface area (Å²) in [5.41, 5.74) is 1.06. The van der Waals surface area contributed by atoms with Crippen LogP contribution in [0.15, 0.2) is 47.6 Å². The van der Waals surface area contributed by atoms with Crippen LogP contribution >= 0.6 is 22.6 Å². The van der Waals surface area contributed by atoms with Crippen molar-refractivity contribution < 1.29 is 13.9 Å². The summed E-state index contributed by atoms with van der Waals surface area (Å²) in [6.07, 6.45) is 0.743. The first kappa shape index (κ1) is 22.3. The van der Waals surface area contributed by atoms with Crippen molar-refractivity contribution in [2.45, 2.75) is 19.0 Å². The molecule has 0 radical (unpaired) electrons. The van der Waals surface area contributed by atoms with Gasteiger partial charge in [0.25, 0.3) is 5.91 Å². The predicted molar refractivity (Wildman–Crippen MR) is 131 cm³/mol. The maximum Gasteiger partial charge on any atom is 0.270 e. The van der Waals surface area contributed by atoms with Gasteiger partial charge in [-0.3, -0.25) is 9.69 Å². The summed E-state index contributed by atoms with van der Waals surface area (Å²) in [6.45, 7) is 4.73. The topological polar surface area (TPSA) is 72.2 Å². The van der Waals surface area contributed by atoms with Crippen LogP contribution in [0.4, 0.5) is 15.8 Å². The van der Waals surface area contributed by atoms with E-state index in [9.17, 15) is 14.4 Å². The number of benzene rings is 2. The van der Waals surface area contributed by atoms with Crippen molar-refractivity contribution in [1.82, 2.24) is 4.90 Å². The number of anilines is 2. The molecule has 3 aliphatic heterocycles. The van der Waals surface area contributed by atoms with Crippen LogP contribution in [0.5, 0.6) is 0 Å². The first-order valence-electron chi connectivity index (χ1n) is 10.9. The Morgan fingerprint density at radius 1 is 1.15 bits per heavy atom. The number of ether oxygens (including phenoxy) is 1. The zero-order chi connectivity index (χ0) is 23.2. The van der Waals surface area contributed by atoms with Gasteiger partial charge in [0.2, 0.25) is 5.66 Å². The van der Waals surface area contributed by atoms with Crippen LogP contribution in [0.25, 0.3) is 0 Å². The molecule has 5 rings (SSSR count). The number of nitrogens with zero attached hydrogens (tertiary/aromatic N) is 5. The molecule has 0 saturated carbocycles. The quantitative estimate of drug-likeness (QED) is 0.538. The van der Waals surface area contributed by atoms with Crippen molar-refractivity contribution in [3.8, 4) is 6.07 Å². The third-order valence-electron chi connectivity index (χ3n) is 6.72. The van der Waals surface area contributed by atoms with Crippen LogP contribution in [-0.2, 0) is 9.53 Å². The van der Waals surface area contributed by atoms with Crippen LogP contribution in [0.3, 0.4) is 0 Å². The molecule has 9 heteroatoms. The molecule has 33 heavy (non-hydrogen) atoms. The van der Waals surface area contributed by atoms with Gasteiger partial charge in [-0.15, -0.1) is 0 Å². The van der Waals surface area contributed by atoms with Crippen LogP contribution in [0.1, 0.15) is 18.9 Å². The van der Waals surface area contributed by atoms with E-state index < -0.39 is 11.5 Å². The van der Waals surface area contributed by atoms with E-state index in [1.54, 1.807) is 11.1 Å².